The van der Waals surface area contributed by atoms with Gasteiger partial charge >= 0.3 is 0 Å². The van der Waals surface area contributed by atoms with Gasteiger partial charge in [-0.2, -0.15) is 0 Å². The predicted molar refractivity (Wildman–Crippen MR) is 120 cm³/mol. The lowest BCUT2D eigenvalue weighted by molar-refractivity contribution is -0.125. The Kier molecular flexibility index (Phi) is 5.32. The van der Waals surface area contributed by atoms with Crippen LogP contribution in [0.1, 0.15) is 58.7 Å². The number of H-pyrrole nitrogens is 1. The van der Waals surface area contributed by atoms with Gasteiger partial charge in [0, 0.05) is 30.5 Å². The summed E-state index contributed by atoms with van der Waals surface area (Å²) in [5, 5.41) is 3.11. The molecule has 5 rings (SSSR count). The van der Waals surface area contributed by atoms with E-state index < -0.39 is 0 Å². The van der Waals surface area contributed by atoms with Crippen LogP contribution in [0.4, 0.5) is 0 Å². The molecule has 7 nitrogen and oxygen atoms in total. The van der Waals surface area contributed by atoms with Gasteiger partial charge in [0.25, 0.3) is 0 Å². The molecule has 1 aromatic heterocycles. The molecule has 0 spiro atoms. The summed E-state index contributed by atoms with van der Waals surface area (Å²) in [7, 11) is 0. The summed E-state index contributed by atoms with van der Waals surface area (Å²) in [5.41, 5.74) is 1.72. The molecule has 2 aromatic rings. The lowest BCUT2D eigenvalue weighted by Crippen LogP contribution is -2.51. The number of aromatic amines is 1. The number of aromatic nitrogens is 2. The summed E-state index contributed by atoms with van der Waals surface area (Å²) < 4.78 is 11.8. The van der Waals surface area contributed by atoms with Crippen LogP contribution in [0.25, 0.3) is 11.0 Å². The average molecular weight is 427 g/mol. The minimum atomic E-state index is -0.178. The Balaban J connectivity index is 1.26. The number of amides is 1. The van der Waals surface area contributed by atoms with Crippen molar-refractivity contribution in [2.24, 2.45) is 5.92 Å². The Morgan fingerprint density at radius 2 is 1.94 bits per heavy atom. The fraction of sp³-hybridized carbons (Fsp3) is 0.667. The zero-order chi connectivity index (χ0) is 21.6. The van der Waals surface area contributed by atoms with Crippen molar-refractivity contribution in [1.29, 1.82) is 0 Å². The summed E-state index contributed by atoms with van der Waals surface area (Å²) in [6.07, 6.45) is 6.50. The van der Waals surface area contributed by atoms with E-state index in [4.69, 9.17) is 14.5 Å². The van der Waals surface area contributed by atoms with Crippen LogP contribution < -0.4 is 14.8 Å². The van der Waals surface area contributed by atoms with Crippen LogP contribution in [0.5, 0.6) is 11.5 Å². The Hall–Kier alpha value is -2.28. The maximum Gasteiger partial charge on any atom is 0.234 e. The maximum atomic E-state index is 12.5. The van der Waals surface area contributed by atoms with E-state index in [1.165, 1.54) is 12.8 Å². The number of fused-ring (bicyclic) bond motifs is 5. The first-order valence-electron chi connectivity index (χ1n) is 11.7. The molecule has 2 N–H and O–H groups in total. The standard InChI is InChI=1S/C24H34N4O3/c1-24(2,3)27-21(29)14-28-16-5-6-17(28)12-15(11-16)13-20-25-18-7-8-19-23(22(18)26-20)31-10-4-9-30-19/h7-8,15-17H,4-6,9-14H2,1-3H3,(H,25,26)(H,27,29)/t15-,16-,17+. The maximum absolute atomic E-state index is 12.5. The van der Waals surface area contributed by atoms with Crippen molar-refractivity contribution in [1.82, 2.24) is 20.2 Å². The number of imidazole rings is 1. The molecule has 2 bridgehead atoms. The van der Waals surface area contributed by atoms with Gasteiger partial charge in [0.15, 0.2) is 11.5 Å². The molecule has 3 aliphatic rings. The second-order valence-electron chi connectivity index (χ2n) is 10.4. The van der Waals surface area contributed by atoms with Crippen molar-refractivity contribution in [3.8, 4) is 11.5 Å². The Morgan fingerprint density at radius 1 is 1.19 bits per heavy atom. The minimum absolute atomic E-state index is 0.142. The number of piperidine rings is 1. The summed E-state index contributed by atoms with van der Waals surface area (Å²) in [6.45, 7) is 7.98. The molecule has 4 heterocycles. The van der Waals surface area contributed by atoms with Crippen molar-refractivity contribution >= 4 is 16.9 Å². The van der Waals surface area contributed by atoms with E-state index in [2.05, 4.69) is 15.2 Å². The van der Waals surface area contributed by atoms with Gasteiger partial charge < -0.3 is 19.8 Å². The van der Waals surface area contributed by atoms with E-state index in [1.807, 2.05) is 32.9 Å². The van der Waals surface area contributed by atoms with Gasteiger partial charge in [0.2, 0.25) is 5.91 Å². The molecule has 31 heavy (non-hydrogen) atoms. The van der Waals surface area contributed by atoms with Gasteiger partial charge in [0.05, 0.1) is 25.3 Å². The molecule has 0 radical (unpaired) electrons. The van der Waals surface area contributed by atoms with Crippen molar-refractivity contribution in [3.05, 3.63) is 18.0 Å². The monoisotopic (exact) mass is 426 g/mol. The van der Waals surface area contributed by atoms with Crippen LogP contribution in [-0.4, -0.2) is 58.2 Å². The van der Waals surface area contributed by atoms with Crippen LogP contribution in [-0.2, 0) is 11.2 Å². The number of benzene rings is 1. The number of hydrogen-bond acceptors (Lipinski definition) is 5. The van der Waals surface area contributed by atoms with Gasteiger partial charge in [0.1, 0.15) is 11.3 Å². The normalized spacial score (nSPS) is 26.1. The molecular weight excluding hydrogens is 392 g/mol. The van der Waals surface area contributed by atoms with Gasteiger partial charge in [-0.1, -0.05) is 0 Å². The zero-order valence-electron chi connectivity index (χ0n) is 18.9. The Morgan fingerprint density at radius 3 is 2.68 bits per heavy atom. The van der Waals surface area contributed by atoms with Gasteiger partial charge in [-0.15, -0.1) is 0 Å². The third-order valence-corrected chi connectivity index (χ3v) is 6.72. The van der Waals surface area contributed by atoms with E-state index in [9.17, 15) is 4.79 Å². The molecule has 1 amide bonds. The predicted octanol–water partition coefficient (Wildman–Crippen LogP) is 3.42. The van der Waals surface area contributed by atoms with E-state index in [0.717, 1.165) is 54.0 Å². The van der Waals surface area contributed by atoms with Crippen LogP contribution in [0, 0.1) is 5.92 Å². The fourth-order valence-corrected chi connectivity index (χ4v) is 5.56. The van der Waals surface area contributed by atoms with Crippen molar-refractivity contribution in [2.45, 2.75) is 76.9 Å². The Bertz CT molecular complexity index is 950. The molecule has 3 atom stereocenters. The molecule has 168 valence electrons. The van der Waals surface area contributed by atoms with Crippen molar-refractivity contribution in [3.63, 3.8) is 0 Å². The highest BCUT2D eigenvalue weighted by Crippen LogP contribution is 2.40. The lowest BCUT2D eigenvalue weighted by Gasteiger charge is -2.38. The molecule has 7 heteroatoms. The first-order valence-corrected chi connectivity index (χ1v) is 11.7. The first kappa shape index (κ1) is 20.6. The second kappa shape index (κ2) is 8.01. The Labute approximate surface area is 183 Å². The highest BCUT2D eigenvalue weighted by Gasteiger charge is 2.41. The molecular formula is C24H34N4O3. The number of ether oxygens (including phenoxy) is 2. The van der Waals surface area contributed by atoms with Crippen molar-refractivity contribution in [2.75, 3.05) is 19.8 Å². The SMILES string of the molecule is CC(C)(C)NC(=O)CN1[C@@H]2CC[C@H]1C[C@H](Cc1nc3c4c(ccc3[nH]1)OCCCO4)C2. The quantitative estimate of drug-likeness (QED) is 0.783. The van der Waals surface area contributed by atoms with Crippen molar-refractivity contribution < 1.29 is 14.3 Å². The summed E-state index contributed by atoms with van der Waals surface area (Å²) in [6, 6.07) is 5.03. The highest BCUT2D eigenvalue weighted by atomic mass is 16.5. The first-order chi connectivity index (χ1) is 14.9. The van der Waals surface area contributed by atoms with E-state index in [-0.39, 0.29) is 11.4 Å². The van der Waals surface area contributed by atoms with Crippen LogP contribution >= 0.6 is 0 Å². The zero-order valence-corrected chi connectivity index (χ0v) is 18.9. The smallest absolute Gasteiger partial charge is 0.234 e. The van der Waals surface area contributed by atoms with Gasteiger partial charge in [-0.25, -0.2) is 4.98 Å². The van der Waals surface area contributed by atoms with Crippen LogP contribution in [0.3, 0.4) is 0 Å². The van der Waals surface area contributed by atoms with Gasteiger partial charge in [-0.3, -0.25) is 9.69 Å². The largest absolute Gasteiger partial charge is 0.489 e. The summed E-state index contributed by atoms with van der Waals surface area (Å²) >= 11 is 0. The third-order valence-electron chi connectivity index (χ3n) is 6.72. The van der Waals surface area contributed by atoms with E-state index in [1.54, 1.807) is 0 Å². The van der Waals surface area contributed by atoms with Gasteiger partial charge in [-0.05, 0) is 64.5 Å². The molecule has 2 fully saturated rings. The van der Waals surface area contributed by atoms with Crippen LogP contribution in [0.2, 0.25) is 0 Å². The molecule has 1 aromatic carbocycles. The second-order valence-corrected chi connectivity index (χ2v) is 10.4. The number of hydrogen-bond donors (Lipinski definition) is 2. The third kappa shape index (κ3) is 4.38. The number of carbonyl (C=O) groups excluding carboxylic acids is 1. The summed E-state index contributed by atoms with van der Waals surface area (Å²) in [4.78, 5) is 23.3. The molecule has 0 unspecified atom stereocenters. The van der Waals surface area contributed by atoms with E-state index in [0.29, 0.717) is 37.8 Å². The molecule has 3 aliphatic heterocycles. The number of carbonyl (C=O) groups is 1. The summed E-state index contributed by atoms with van der Waals surface area (Å²) in [5.74, 6) is 3.33. The number of rotatable bonds is 4. The molecule has 0 aliphatic carbocycles. The topological polar surface area (TPSA) is 79.5 Å². The lowest BCUT2D eigenvalue weighted by atomic mass is 9.88. The molecule has 2 saturated heterocycles. The number of nitrogens with zero attached hydrogens (tertiary/aromatic N) is 2. The van der Waals surface area contributed by atoms with Crippen LogP contribution in [0.15, 0.2) is 12.1 Å². The number of nitrogens with one attached hydrogen (secondary N) is 2. The molecule has 0 saturated carbocycles. The fourth-order valence-electron chi connectivity index (χ4n) is 5.56. The highest BCUT2D eigenvalue weighted by molar-refractivity contribution is 5.85. The minimum Gasteiger partial charge on any atom is -0.489 e. The van der Waals surface area contributed by atoms with E-state index >= 15 is 0 Å². The average Bonchev–Trinajstić information content (AvgIpc) is 3.06.